The molecule has 0 atom stereocenters. The van der Waals surface area contributed by atoms with Crippen LogP contribution in [0.5, 0.6) is 17.2 Å². The standard InChI is InChI=1S/C17H17N5O5S/c1-25-15-10-17(16(26-2)9-13(15)21-11-18-19-20-21)28(23,24)22-7-8-27-14-6-4-3-5-12(14)22/h3-6,9-11H,7-8H2,1-2H3. The normalized spacial score (nSPS) is 13.6. The van der Waals surface area contributed by atoms with E-state index in [1.54, 1.807) is 24.3 Å². The lowest BCUT2D eigenvalue weighted by Crippen LogP contribution is -2.38. The summed E-state index contributed by atoms with van der Waals surface area (Å²) in [6.45, 7) is 0.429. The number of benzene rings is 2. The monoisotopic (exact) mass is 403 g/mol. The number of tetrazole rings is 1. The molecule has 1 aliphatic heterocycles. The third-order valence-electron chi connectivity index (χ3n) is 4.31. The summed E-state index contributed by atoms with van der Waals surface area (Å²) >= 11 is 0. The Morgan fingerprint density at radius 1 is 1.07 bits per heavy atom. The van der Waals surface area contributed by atoms with E-state index < -0.39 is 10.0 Å². The van der Waals surface area contributed by atoms with Crippen LogP contribution < -0.4 is 18.5 Å². The van der Waals surface area contributed by atoms with Crippen LogP contribution in [-0.4, -0.2) is 56.0 Å². The molecule has 10 nitrogen and oxygen atoms in total. The number of methoxy groups -OCH3 is 2. The molecule has 0 saturated heterocycles. The molecule has 0 amide bonds. The topological polar surface area (TPSA) is 109 Å². The van der Waals surface area contributed by atoms with Crippen LogP contribution in [0.4, 0.5) is 5.69 Å². The van der Waals surface area contributed by atoms with Crippen molar-refractivity contribution >= 4 is 15.7 Å². The average Bonchev–Trinajstić information content (AvgIpc) is 3.27. The van der Waals surface area contributed by atoms with Crippen molar-refractivity contribution in [3.05, 3.63) is 42.7 Å². The van der Waals surface area contributed by atoms with Crippen LogP contribution in [0.25, 0.3) is 5.69 Å². The number of nitrogens with zero attached hydrogens (tertiary/aromatic N) is 5. The third-order valence-corrected chi connectivity index (χ3v) is 6.15. The van der Waals surface area contributed by atoms with Gasteiger partial charge in [-0.2, -0.15) is 4.68 Å². The molecule has 28 heavy (non-hydrogen) atoms. The van der Waals surface area contributed by atoms with Crippen molar-refractivity contribution in [2.75, 3.05) is 31.7 Å². The van der Waals surface area contributed by atoms with Gasteiger partial charge in [0.15, 0.2) is 0 Å². The fourth-order valence-electron chi connectivity index (χ4n) is 3.02. The molecular formula is C17H17N5O5S. The summed E-state index contributed by atoms with van der Waals surface area (Å²) in [7, 11) is -1.11. The highest BCUT2D eigenvalue weighted by Gasteiger charge is 2.33. The van der Waals surface area contributed by atoms with Crippen molar-refractivity contribution in [3.8, 4) is 22.9 Å². The lowest BCUT2D eigenvalue weighted by Gasteiger charge is -2.31. The van der Waals surface area contributed by atoms with E-state index in [1.807, 2.05) is 0 Å². The maximum Gasteiger partial charge on any atom is 0.268 e. The van der Waals surface area contributed by atoms with E-state index in [4.69, 9.17) is 14.2 Å². The van der Waals surface area contributed by atoms with Crippen molar-refractivity contribution in [3.63, 3.8) is 0 Å². The minimum absolute atomic E-state index is 0.0274. The number of fused-ring (bicyclic) bond motifs is 1. The van der Waals surface area contributed by atoms with Gasteiger partial charge in [0.25, 0.3) is 10.0 Å². The highest BCUT2D eigenvalue weighted by molar-refractivity contribution is 7.93. The Morgan fingerprint density at radius 3 is 2.57 bits per heavy atom. The fraction of sp³-hybridized carbons (Fsp3) is 0.235. The van der Waals surface area contributed by atoms with E-state index in [-0.39, 0.29) is 29.5 Å². The average molecular weight is 403 g/mol. The van der Waals surface area contributed by atoms with Crippen LogP contribution in [-0.2, 0) is 10.0 Å². The molecule has 4 rings (SSSR count). The van der Waals surface area contributed by atoms with Crippen LogP contribution in [0.1, 0.15) is 0 Å². The lowest BCUT2D eigenvalue weighted by atomic mass is 10.2. The van der Waals surface area contributed by atoms with Crippen molar-refractivity contribution in [1.29, 1.82) is 0 Å². The third kappa shape index (κ3) is 2.89. The summed E-state index contributed by atoms with van der Waals surface area (Å²) in [5.74, 6) is 0.942. The molecule has 0 radical (unpaired) electrons. The highest BCUT2D eigenvalue weighted by atomic mass is 32.2. The minimum Gasteiger partial charge on any atom is -0.495 e. The number of aromatic nitrogens is 4. The van der Waals surface area contributed by atoms with Crippen LogP contribution in [0, 0.1) is 0 Å². The van der Waals surface area contributed by atoms with E-state index in [1.165, 1.54) is 41.7 Å². The largest absolute Gasteiger partial charge is 0.495 e. The van der Waals surface area contributed by atoms with Gasteiger partial charge >= 0.3 is 0 Å². The van der Waals surface area contributed by atoms with Gasteiger partial charge in [0.1, 0.15) is 40.8 Å². The first-order valence-electron chi connectivity index (χ1n) is 8.30. The molecule has 3 aromatic rings. The van der Waals surface area contributed by atoms with Gasteiger partial charge in [-0.1, -0.05) is 12.1 Å². The number of para-hydroxylation sites is 2. The molecule has 0 unspecified atom stereocenters. The number of rotatable bonds is 5. The van der Waals surface area contributed by atoms with E-state index in [0.717, 1.165) is 0 Å². The summed E-state index contributed by atoms with van der Waals surface area (Å²) in [5.41, 5.74) is 0.921. The molecule has 2 aromatic carbocycles. The lowest BCUT2D eigenvalue weighted by molar-refractivity contribution is 0.315. The van der Waals surface area contributed by atoms with Gasteiger partial charge in [0.2, 0.25) is 0 Å². The summed E-state index contributed by atoms with van der Waals surface area (Å²) in [6.07, 6.45) is 1.38. The zero-order valence-corrected chi connectivity index (χ0v) is 16.0. The second-order valence-electron chi connectivity index (χ2n) is 5.82. The Balaban J connectivity index is 1.87. The Labute approximate surface area is 161 Å². The molecule has 2 heterocycles. The number of anilines is 1. The quantitative estimate of drug-likeness (QED) is 0.627. The Morgan fingerprint density at radius 2 is 1.86 bits per heavy atom. The molecular weight excluding hydrogens is 386 g/mol. The first kappa shape index (κ1) is 18.0. The van der Waals surface area contributed by atoms with Gasteiger partial charge in [0.05, 0.1) is 26.5 Å². The van der Waals surface area contributed by atoms with E-state index >= 15 is 0 Å². The molecule has 1 aliphatic rings. The zero-order chi connectivity index (χ0) is 19.7. The molecule has 0 bridgehead atoms. The van der Waals surface area contributed by atoms with Gasteiger partial charge in [-0.15, -0.1) is 5.10 Å². The van der Waals surface area contributed by atoms with E-state index in [9.17, 15) is 8.42 Å². The first-order chi connectivity index (χ1) is 13.6. The second-order valence-corrected chi connectivity index (χ2v) is 7.65. The second kappa shape index (κ2) is 7.00. The number of hydrogen-bond acceptors (Lipinski definition) is 8. The van der Waals surface area contributed by atoms with Crippen molar-refractivity contribution in [1.82, 2.24) is 20.2 Å². The highest BCUT2D eigenvalue weighted by Crippen LogP contribution is 2.40. The molecule has 11 heteroatoms. The molecule has 1 aromatic heterocycles. The Kier molecular flexibility index (Phi) is 4.51. The number of sulfonamides is 1. The molecule has 0 N–H and O–H groups in total. The Bertz CT molecular complexity index is 1100. The number of hydrogen-bond donors (Lipinski definition) is 0. The van der Waals surface area contributed by atoms with E-state index in [0.29, 0.717) is 17.1 Å². The van der Waals surface area contributed by atoms with Gasteiger partial charge in [-0.25, -0.2) is 8.42 Å². The summed E-state index contributed by atoms with van der Waals surface area (Å²) in [5, 5.41) is 11.0. The predicted molar refractivity (Wildman–Crippen MR) is 98.7 cm³/mol. The molecule has 0 spiro atoms. The zero-order valence-electron chi connectivity index (χ0n) is 15.1. The van der Waals surface area contributed by atoms with E-state index in [2.05, 4.69) is 15.5 Å². The maximum atomic E-state index is 13.5. The van der Waals surface area contributed by atoms with Crippen LogP contribution in [0.3, 0.4) is 0 Å². The molecule has 0 saturated carbocycles. The maximum absolute atomic E-state index is 13.5. The van der Waals surface area contributed by atoms with Crippen LogP contribution in [0.2, 0.25) is 0 Å². The van der Waals surface area contributed by atoms with Crippen molar-refractivity contribution < 1.29 is 22.6 Å². The fourth-order valence-corrected chi connectivity index (χ4v) is 4.63. The Hall–Kier alpha value is -3.34. The van der Waals surface area contributed by atoms with Gasteiger partial charge in [-0.3, -0.25) is 4.31 Å². The van der Waals surface area contributed by atoms with Gasteiger partial charge in [-0.05, 0) is 22.6 Å². The summed E-state index contributed by atoms with van der Waals surface area (Å²) < 4.78 is 46.0. The molecule has 0 fully saturated rings. The first-order valence-corrected chi connectivity index (χ1v) is 9.74. The summed E-state index contributed by atoms with van der Waals surface area (Å²) in [4.78, 5) is -0.0274. The van der Waals surface area contributed by atoms with Gasteiger partial charge < -0.3 is 14.2 Å². The molecule has 146 valence electrons. The summed E-state index contributed by atoms with van der Waals surface area (Å²) in [6, 6.07) is 9.91. The molecule has 0 aliphatic carbocycles. The number of ether oxygens (including phenoxy) is 3. The van der Waals surface area contributed by atoms with Crippen LogP contribution >= 0.6 is 0 Å². The SMILES string of the molecule is COc1cc(S(=O)(=O)N2CCOc3ccccc32)c(OC)cc1-n1cnnn1. The van der Waals surface area contributed by atoms with Gasteiger partial charge in [0, 0.05) is 12.1 Å². The van der Waals surface area contributed by atoms with Crippen molar-refractivity contribution in [2.45, 2.75) is 4.90 Å². The minimum atomic E-state index is -3.95. The predicted octanol–water partition coefficient (Wildman–Crippen LogP) is 1.27. The van der Waals surface area contributed by atoms with Crippen molar-refractivity contribution in [2.24, 2.45) is 0 Å². The van der Waals surface area contributed by atoms with Crippen LogP contribution in [0.15, 0.2) is 47.6 Å². The smallest absolute Gasteiger partial charge is 0.268 e.